The number of carboxylic acids is 1. The zero-order valence-electron chi connectivity index (χ0n) is 21.3. The summed E-state index contributed by atoms with van der Waals surface area (Å²) < 4.78 is 13.2. The number of carbonyl (C=O) groups is 2. The van der Waals surface area contributed by atoms with Crippen LogP contribution in [0, 0.1) is 0 Å². The van der Waals surface area contributed by atoms with Gasteiger partial charge < -0.3 is 14.3 Å². The molecule has 1 atom stereocenters. The van der Waals surface area contributed by atoms with Crippen LogP contribution in [0.1, 0.15) is 41.6 Å². The number of rotatable bonds is 7. The van der Waals surface area contributed by atoms with Crippen molar-refractivity contribution in [3.8, 4) is 11.3 Å². The molecule has 10 heteroatoms. The van der Waals surface area contributed by atoms with Crippen LogP contribution in [-0.2, 0) is 9.53 Å². The van der Waals surface area contributed by atoms with E-state index >= 15 is 0 Å². The van der Waals surface area contributed by atoms with Crippen LogP contribution in [0.25, 0.3) is 17.4 Å². The summed E-state index contributed by atoms with van der Waals surface area (Å²) in [6, 6.07) is 16.9. The quantitative estimate of drug-likeness (QED) is 0.262. The molecule has 3 heterocycles. The van der Waals surface area contributed by atoms with E-state index in [4.69, 9.17) is 9.15 Å². The standard InChI is InChI=1S/C29H24N2O6S2/c1-4-36-28(35)24-16(2)30-29-31(25(24)17-8-11-21(38-3)12-9-17)26(32)23(39-29)15-20-10-13-22(37-20)18-6-5-7-19(14-18)27(33)34/h5-15,25H,4H2,1-3H3,(H,33,34). The first-order valence-corrected chi connectivity index (χ1v) is 14.1. The summed E-state index contributed by atoms with van der Waals surface area (Å²) in [6.07, 6.45) is 3.61. The number of allylic oxidation sites excluding steroid dienone is 1. The minimum absolute atomic E-state index is 0.150. The van der Waals surface area contributed by atoms with Crippen LogP contribution in [0.15, 0.2) is 91.0 Å². The molecule has 0 aliphatic carbocycles. The van der Waals surface area contributed by atoms with Crippen LogP contribution >= 0.6 is 23.1 Å². The maximum atomic E-state index is 13.8. The lowest BCUT2D eigenvalue weighted by Gasteiger charge is -2.24. The van der Waals surface area contributed by atoms with Crippen molar-refractivity contribution in [1.29, 1.82) is 0 Å². The molecular weight excluding hydrogens is 536 g/mol. The van der Waals surface area contributed by atoms with E-state index < -0.39 is 18.0 Å². The first kappa shape index (κ1) is 26.5. The number of carbonyl (C=O) groups excluding carboxylic acids is 1. The number of fused-ring (bicyclic) bond motifs is 1. The number of hydrogen-bond acceptors (Lipinski definition) is 8. The van der Waals surface area contributed by atoms with Gasteiger partial charge in [-0.3, -0.25) is 9.36 Å². The second-order valence-corrected chi connectivity index (χ2v) is 10.6. The first-order valence-electron chi connectivity index (χ1n) is 12.1. The number of aromatic carboxylic acids is 1. The fraction of sp³-hybridized carbons (Fsp3) is 0.172. The lowest BCUT2D eigenvalue weighted by Crippen LogP contribution is -2.39. The van der Waals surface area contributed by atoms with E-state index in [0.29, 0.717) is 37.7 Å². The molecule has 0 spiro atoms. The number of carboxylic acid groups (broad SMARTS) is 1. The summed E-state index contributed by atoms with van der Waals surface area (Å²) in [5.41, 5.74) is 2.05. The number of hydrogen-bond donors (Lipinski definition) is 1. The topological polar surface area (TPSA) is 111 Å². The molecule has 39 heavy (non-hydrogen) atoms. The molecule has 1 aliphatic rings. The highest BCUT2D eigenvalue weighted by molar-refractivity contribution is 7.98. The minimum atomic E-state index is -1.03. The lowest BCUT2D eigenvalue weighted by molar-refractivity contribution is -0.139. The van der Waals surface area contributed by atoms with Crippen molar-refractivity contribution < 1.29 is 23.8 Å². The van der Waals surface area contributed by atoms with Gasteiger partial charge in [-0.2, -0.15) is 0 Å². The normalized spacial score (nSPS) is 15.2. The highest BCUT2D eigenvalue weighted by atomic mass is 32.2. The number of benzene rings is 2. The highest BCUT2D eigenvalue weighted by Crippen LogP contribution is 2.32. The molecule has 0 radical (unpaired) electrons. The monoisotopic (exact) mass is 560 g/mol. The van der Waals surface area contributed by atoms with Gasteiger partial charge in [-0.05, 0) is 62.1 Å². The van der Waals surface area contributed by atoms with Gasteiger partial charge in [-0.15, -0.1) is 11.8 Å². The van der Waals surface area contributed by atoms with E-state index in [0.717, 1.165) is 10.5 Å². The molecule has 0 saturated heterocycles. The molecule has 0 fully saturated rings. The van der Waals surface area contributed by atoms with E-state index in [1.807, 2.05) is 30.5 Å². The largest absolute Gasteiger partial charge is 0.478 e. The van der Waals surface area contributed by atoms with Crippen molar-refractivity contribution in [1.82, 2.24) is 4.57 Å². The number of esters is 1. The van der Waals surface area contributed by atoms with E-state index in [2.05, 4.69) is 4.99 Å². The third kappa shape index (κ3) is 5.13. The number of nitrogens with zero attached hydrogens (tertiary/aromatic N) is 2. The van der Waals surface area contributed by atoms with E-state index in [1.165, 1.54) is 28.0 Å². The Hall–Kier alpha value is -4.15. The molecule has 0 bridgehead atoms. The van der Waals surface area contributed by atoms with Crippen molar-refractivity contribution >= 4 is 41.1 Å². The predicted molar refractivity (Wildman–Crippen MR) is 150 cm³/mol. The molecule has 0 saturated carbocycles. The molecule has 0 amide bonds. The Kier molecular flexibility index (Phi) is 7.40. The van der Waals surface area contributed by atoms with E-state index in [9.17, 15) is 19.5 Å². The molecule has 1 unspecified atom stereocenters. The Morgan fingerprint density at radius 2 is 1.95 bits per heavy atom. The van der Waals surface area contributed by atoms with Gasteiger partial charge >= 0.3 is 11.9 Å². The molecular formula is C29H24N2O6S2. The average molecular weight is 561 g/mol. The predicted octanol–water partition coefficient (Wildman–Crippen LogP) is 4.48. The molecule has 198 valence electrons. The van der Waals surface area contributed by atoms with E-state index in [-0.39, 0.29) is 17.7 Å². The second kappa shape index (κ2) is 10.9. The van der Waals surface area contributed by atoms with Gasteiger partial charge in [0, 0.05) is 16.5 Å². The third-order valence-electron chi connectivity index (χ3n) is 6.24. The Bertz CT molecular complexity index is 1790. The van der Waals surface area contributed by atoms with Gasteiger partial charge in [0.25, 0.3) is 5.56 Å². The Labute approximate surface area is 231 Å². The highest BCUT2D eigenvalue weighted by Gasteiger charge is 2.33. The van der Waals surface area contributed by atoms with Gasteiger partial charge in [0.2, 0.25) is 0 Å². The van der Waals surface area contributed by atoms with Gasteiger partial charge in [0.1, 0.15) is 11.5 Å². The fourth-order valence-electron chi connectivity index (χ4n) is 4.41. The Morgan fingerprint density at radius 1 is 1.18 bits per heavy atom. The number of thiazole rings is 1. The number of aromatic nitrogens is 1. The van der Waals surface area contributed by atoms with Crippen molar-refractivity contribution in [3.63, 3.8) is 0 Å². The number of ether oxygens (including phenoxy) is 1. The van der Waals surface area contributed by atoms with Gasteiger partial charge in [0.15, 0.2) is 4.80 Å². The summed E-state index contributed by atoms with van der Waals surface area (Å²) in [5, 5.41) is 9.28. The van der Waals surface area contributed by atoms with Crippen LogP contribution in [0.3, 0.4) is 0 Å². The van der Waals surface area contributed by atoms with Gasteiger partial charge in [0.05, 0.1) is 34.0 Å². The maximum Gasteiger partial charge on any atom is 0.338 e. The van der Waals surface area contributed by atoms with Crippen LogP contribution in [0.5, 0.6) is 0 Å². The zero-order chi connectivity index (χ0) is 27.7. The first-order chi connectivity index (χ1) is 18.8. The molecule has 2 aromatic heterocycles. The summed E-state index contributed by atoms with van der Waals surface area (Å²) in [7, 11) is 0. The van der Waals surface area contributed by atoms with Gasteiger partial charge in [-0.1, -0.05) is 35.6 Å². The average Bonchev–Trinajstić information content (AvgIpc) is 3.52. The van der Waals surface area contributed by atoms with Crippen LogP contribution in [-0.4, -0.2) is 34.5 Å². The second-order valence-electron chi connectivity index (χ2n) is 8.66. The molecule has 4 aromatic rings. The smallest absolute Gasteiger partial charge is 0.338 e. The van der Waals surface area contributed by atoms with Crippen LogP contribution in [0.2, 0.25) is 0 Å². The fourth-order valence-corrected chi connectivity index (χ4v) is 5.85. The Morgan fingerprint density at radius 3 is 2.64 bits per heavy atom. The van der Waals surface area contributed by atoms with Gasteiger partial charge in [-0.25, -0.2) is 14.6 Å². The summed E-state index contributed by atoms with van der Waals surface area (Å²) in [4.78, 5) is 44.2. The third-order valence-corrected chi connectivity index (χ3v) is 7.97. The molecule has 5 rings (SSSR count). The van der Waals surface area contributed by atoms with Crippen molar-refractivity contribution in [2.75, 3.05) is 12.9 Å². The summed E-state index contributed by atoms with van der Waals surface area (Å²) in [5.74, 6) is -0.631. The molecule has 8 nitrogen and oxygen atoms in total. The van der Waals surface area contributed by atoms with Crippen molar-refractivity contribution in [2.24, 2.45) is 4.99 Å². The minimum Gasteiger partial charge on any atom is -0.478 e. The zero-order valence-corrected chi connectivity index (χ0v) is 23.0. The lowest BCUT2D eigenvalue weighted by atomic mass is 9.96. The van der Waals surface area contributed by atoms with Crippen molar-refractivity contribution in [2.45, 2.75) is 24.8 Å². The molecule has 1 N–H and O–H groups in total. The molecule has 2 aromatic carbocycles. The number of thioether (sulfide) groups is 1. The maximum absolute atomic E-state index is 13.8. The number of furan rings is 1. The van der Waals surface area contributed by atoms with Crippen LogP contribution in [0.4, 0.5) is 0 Å². The SMILES string of the molecule is CCOC(=O)C1=C(C)N=c2sc(=Cc3ccc(-c4cccc(C(=O)O)c4)o3)c(=O)n2C1c1ccc(SC)cc1. The molecule has 1 aliphatic heterocycles. The summed E-state index contributed by atoms with van der Waals surface area (Å²) in [6.45, 7) is 3.69. The van der Waals surface area contributed by atoms with E-state index in [1.54, 1.807) is 56.0 Å². The summed E-state index contributed by atoms with van der Waals surface area (Å²) >= 11 is 2.81. The Balaban J connectivity index is 1.61. The van der Waals surface area contributed by atoms with Crippen molar-refractivity contribution in [3.05, 3.63) is 109 Å². The van der Waals surface area contributed by atoms with Crippen LogP contribution < -0.4 is 14.9 Å².